The molecule has 0 aliphatic heterocycles. The van der Waals surface area contributed by atoms with E-state index in [1.165, 1.54) is 0 Å². The maximum absolute atomic E-state index is 12.0. The number of ether oxygens (including phenoxy) is 1. The molecule has 2 rings (SSSR count). The van der Waals surface area contributed by atoms with Gasteiger partial charge in [-0.15, -0.1) is 0 Å². The fraction of sp³-hybridized carbons (Fsp3) is 0.235. The second-order valence-corrected chi connectivity index (χ2v) is 5.42. The number of nitrogens with one attached hydrogen (secondary N) is 1. The summed E-state index contributed by atoms with van der Waals surface area (Å²) in [5, 5.41) is 3.37. The number of carbonyl (C=O) groups is 1. The molecule has 0 unspecified atom stereocenters. The zero-order valence-corrected chi connectivity index (χ0v) is 12.9. The van der Waals surface area contributed by atoms with E-state index in [-0.39, 0.29) is 12.5 Å². The maximum atomic E-state index is 12.0. The van der Waals surface area contributed by atoms with E-state index in [0.29, 0.717) is 16.7 Å². The average molecular weight is 304 g/mol. The normalized spacial score (nSPS) is 10.5. The Morgan fingerprint density at radius 1 is 1.14 bits per heavy atom. The van der Waals surface area contributed by atoms with Gasteiger partial charge in [0.25, 0.3) is 5.91 Å². The van der Waals surface area contributed by atoms with Crippen LogP contribution in [0.2, 0.25) is 5.02 Å². The minimum atomic E-state index is -0.206. The summed E-state index contributed by atoms with van der Waals surface area (Å²) < 4.78 is 5.43. The molecule has 0 bridgehead atoms. The standard InChI is InChI=1S/C17H18ClNO2/c1-12(2)13-7-3-5-9-15(13)19-17(20)11-21-16-10-6-4-8-14(16)18/h3-10,12H,11H2,1-2H3,(H,19,20). The molecule has 4 heteroatoms. The highest BCUT2D eigenvalue weighted by molar-refractivity contribution is 6.32. The van der Waals surface area contributed by atoms with Crippen molar-refractivity contribution in [3.8, 4) is 5.75 Å². The minimum Gasteiger partial charge on any atom is -0.482 e. The van der Waals surface area contributed by atoms with Gasteiger partial charge in [-0.1, -0.05) is 55.8 Å². The van der Waals surface area contributed by atoms with Crippen molar-refractivity contribution in [1.29, 1.82) is 0 Å². The maximum Gasteiger partial charge on any atom is 0.262 e. The molecule has 0 fully saturated rings. The van der Waals surface area contributed by atoms with Crippen LogP contribution in [0, 0.1) is 0 Å². The minimum absolute atomic E-state index is 0.0733. The zero-order chi connectivity index (χ0) is 15.2. The number of benzene rings is 2. The van der Waals surface area contributed by atoms with Crippen molar-refractivity contribution in [1.82, 2.24) is 0 Å². The monoisotopic (exact) mass is 303 g/mol. The Hall–Kier alpha value is -2.00. The first kappa shape index (κ1) is 15.4. The quantitative estimate of drug-likeness (QED) is 0.884. The van der Waals surface area contributed by atoms with Crippen molar-refractivity contribution in [2.24, 2.45) is 0 Å². The highest BCUT2D eigenvalue weighted by Gasteiger charge is 2.10. The number of para-hydroxylation sites is 2. The second-order valence-electron chi connectivity index (χ2n) is 5.01. The summed E-state index contributed by atoms with van der Waals surface area (Å²) in [7, 11) is 0. The predicted octanol–water partition coefficient (Wildman–Crippen LogP) is 4.48. The van der Waals surface area contributed by atoms with Crippen LogP contribution in [0.1, 0.15) is 25.3 Å². The number of hydrogen-bond acceptors (Lipinski definition) is 2. The van der Waals surface area contributed by atoms with Crippen LogP contribution in [0.3, 0.4) is 0 Å². The van der Waals surface area contributed by atoms with Gasteiger partial charge >= 0.3 is 0 Å². The average Bonchev–Trinajstić information content (AvgIpc) is 2.47. The molecule has 1 N–H and O–H groups in total. The van der Waals surface area contributed by atoms with Crippen molar-refractivity contribution < 1.29 is 9.53 Å². The molecule has 0 saturated heterocycles. The first-order valence-corrected chi connectivity index (χ1v) is 7.22. The van der Waals surface area contributed by atoms with E-state index in [4.69, 9.17) is 16.3 Å². The fourth-order valence-corrected chi connectivity index (χ4v) is 2.20. The van der Waals surface area contributed by atoms with E-state index in [2.05, 4.69) is 19.2 Å². The Morgan fingerprint density at radius 2 is 1.81 bits per heavy atom. The van der Waals surface area contributed by atoms with Gasteiger partial charge in [0.05, 0.1) is 5.02 Å². The third-order valence-electron chi connectivity index (χ3n) is 3.05. The molecule has 1 amide bonds. The molecule has 0 aromatic heterocycles. The van der Waals surface area contributed by atoms with Crippen molar-refractivity contribution >= 4 is 23.2 Å². The van der Waals surface area contributed by atoms with E-state index < -0.39 is 0 Å². The molecule has 0 aliphatic carbocycles. The van der Waals surface area contributed by atoms with Crippen molar-refractivity contribution in [2.75, 3.05) is 11.9 Å². The molecular formula is C17H18ClNO2. The van der Waals surface area contributed by atoms with Crippen LogP contribution in [0.4, 0.5) is 5.69 Å². The Kier molecular flexibility index (Phi) is 5.23. The van der Waals surface area contributed by atoms with Gasteiger partial charge in [0.15, 0.2) is 6.61 Å². The number of carbonyl (C=O) groups excluding carboxylic acids is 1. The molecule has 0 radical (unpaired) electrons. The molecule has 2 aromatic rings. The second kappa shape index (κ2) is 7.14. The Bertz CT molecular complexity index is 626. The lowest BCUT2D eigenvalue weighted by Crippen LogP contribution is -2.21. The lowest BCUT2D eigenvalue weighted by Gasteiger charge is -2.14. The van der Waals surface area contributed by atoms with Gasteiger partial charge in [0.2, 0.25) is 0 Å². The summed E-state index contributed by atoms with van der Waals surface area (Å²) in [6.45, 7) is 4.10. The Labute approximate surface area is 129 Å². The van der Waals surface area contributed by atoms with Crippen molar-refractivity contribution in [3.63, 3.8) is 0 Å². The summed E-state index contributed by atoms with van der Waals surface area (Å²) in [6.07, 6.45) is 0. The molecule has 0 atom stereocenters. The van der Waals surface area contributed by atoms with Gasteiger partial charge < -0.3 is 10.1 Å². The lowest BCUT2D eigenvalue weighted by atomic mass is 10.0. The summed E-state index contributed by atoms with van der Waals surface area (Å²) in [6, 6.07) is 14.8. The van der Waals surface area contributed by atoms with Crippen molar-refractivity contribution in [2.45, 2.75) is 19.8 Å². The number of amides is 1. The first-order chi connectivity index (χ1) is 10.1. The van der Waals surface area contributed by atoms with Gasteiger partial charge in [-0.2, -0.15) is 0 Å². The number of rotatable bonds is 5. The number of hydrogen-bond donors (Lipinski definition) is 1. The van der Waals surface area contributed by atoms with Gasteiger partial charge in [-0.3, -0.25) is 4.79 Å². The summed E-state index contributed by atoms with van der Waals surface area (Å²) in [5.41, 5.74) is 1.92. The molecule has 3 nitrogen and oxygen atoms in total. The van der Waals surface area contributed by atoms with E-state index in [0.717, 1.165) is 11.3 Å². The molecule has 0 saturated carbocycles. The molecule has 21 heavy (non-hydrogen) atoms. The van der Waals surface area contributed by atoms with Gasteiger partial charge in [0.1, 0.15) is 5.75 Å². The molecule has 0 heterocycles. The molecular weight excluding hydrogens is 286 g/mol. The van der Waals surface area contributed by atoms with Crippen LogP contribution in [0.5, 0.6) is 5.75 Å². The zero-order valence-electron chi connectivity index (χ0n) is 12.1. The Balaban J connectivity index is 1.98. The van der Waals surface area contributed by atoms with Gasteiger partial charge in [0, 0.05) is 5.69 Å². The highest BCUT2D eigenvalue weighted by Crippen LogP contribution is 2.24. The summed E-state index contributed by atoms with van der Waals surface area (Å²) in [4.78, 5) is 12.0. The molecule has 0 spiro atoms. The molecule has 110 valence electrons. The molecule has 0 aliphatic rings. The van der Waals surface area contributed by atoms with Crippen LogP contribution in [0.15, 0.2) is 48.5 Å². The van der Waals surface area contributed by atoms with Crippen LogP contribution in [-0.4, -0.2) is 12.5 Å². The third-order valence-corrected chi connectivity index (χ3v) is 3.36. The predicted molar refractivity (Wildman–Crippen MR) is 86.1 cm³/mol. The topological polar surface area (TPSA) is 38.3 Å². The van der Waals surface area contributed by atoms with Gasteiger partial charge in [-0.25, -0.2) is 0 Å². The largest absolute Gasteiger partial charge is 0.482 e. The van der Waals surface area contributed by atoms with Crippen LogP contribution < -0.4 is 10.1 Å². The van der Waals surface area contributed by atoms with Crippen molar-refractivity contribution in [3.05, 3.63) is 59.1 Å². The number of halogens is 1. The smallest absolute Gasteiger partial charge is 0.262 e. The lowest BCUT2D eigenvalue weighted by molar-refractivity contribution is -0.118. The summed E-state index contributed by atoms with van der Waals surface area (Å²) >= 11 is 5.98. The van der Waals surface area contributed by atoms with E-state index in [9.17, 15) is 4.79 Å². The third kappa shape index (κ3) is 4.23. The van der Waals surface area contributed by atoms with E-state index >= 15 is 0 Å². The number of anilines is 1. The SMILES string of the molecule is CC(C)c1ccccc1NC(=O)COc1ccccc1Cl. The first-order valence-electron chi connectivity index (χ1n) is 6.84. The van der Waals surface area contributed by atoms with Gasteiger partial charge in [-0.05, 0) is 29.7 Å². The van der Waals surface area contributed by atoms with Crippen LogP contribution >= 0.6 is 11.6 Å². The highest BCUT2D eigenvalue weighted by atomic mass is 35.5. The van der Waals surface area contributed by atoms with E-state index in [1.807, 2.05) is 36.4 Å². The fourth-order valence-electron chi connectivity index (χ4n) is 2.01. The summed E-state index contributed by atoms with van der Waals surface area (Å²) in [5.74, 6) is 0.639. The van der Waals surface area contributed by atoms with Crippen LogP contribution in [0.25, 0.3) is 0 Å². The van der Waals surface area contributed by atoms with Crippen LogP contribution in [-0.2, 0) is 4.79 Å². The Morgan fingerprint density at radius 3 is 2.52 bits per heavy atom. The van der Waals surface area contributed by atoms with E-state index in [1.54, 1.807) is 12.1 Å². The molecule has 2 aromatic carbocycles.